The number of aromatic amines is 1. The fourth-order valence-corrected chi connectivity index (χ4v) is 3.90. The number of para-hydroxylation sites is 2. The Kier molecular flexibility index (Phi) is 4.39. The van der Waals surface area contributed by atoms with Gasteiger partial charge in [-0.15, -0.1) is 0 Å². The molecule has 1 aliphatic heterocycles. The number of piperidine rings is 1. The maximum absolute atomic E-state index is 12.4. The van der Waals surface area contributed by atoms with Gasteiger partial charge in [0.15, 0.2) is 0 Å². The SMILES string of the molecule is O=c1[nH]nc([C@@H]2CCCN(c3nnnn3-c3ccccc3)C2)n1-c1ccccc1. The molecule has 1 N–H and O–H groups in total. The Balaban J connectivity index is 1.47. The first kappa shape index (κ1) is 17.4. The lowest BCUT2D eigenvalue weighted by Gasteiger charge is -2.32. The quantitative estimate of drug-likeness (QED) is 0.574. The molecule has 1 fully saturated rings. The average molecular weight is 388 g/mol. The Morgan fingerprint density at radius 3 is 2.45 bits per heavy atom. The summed E-state index contributed by atoms with van der Waals surface area (Å²) in [7, 11) is 0. The Labute approximate surface area is 166 Å². The van der Waals surface area contributed by atoms with Crippen LogP contribution in [0.25, 0.3) is 11.4 Å². The van der Waals surface area contributed by atoms with Crippen molar-refractivity contribution in [3.63, 3.8) is 0 Å². The average Bonchev–Trinajstić information content (AvgIpc) is 3.42. The van der Waals surface area contributed by atoms with Crippen molar-refractivity contribution in [2.45, 2.75) is 18.8 Å². The van der Waals surface area contributed by atoms with Crippen molar-refractivity contribution in [1.82, 2.24) is 35.0 Å². The molecule has 4 aromatic rings. The lowest BCUT2D eigenvalue weighted by molar-refractivity contribution is 0.477. The topological polar surface area (TPSA) is 97.5 Å². The van der Waals surface area contributed by atoms with Crippen molar-refractivity contribution in [3.8, 4) is 11.4 Å². The number of nitrogens with zero attached hydrogens (tertiary/aromatic N) is 7. The zero-order valence-electron chi connectivity index (χ0n) is 15.7. The van der Waals surface area contributed by atoms with Crippen molar-refractivity contribution >= 4 is 5.95 Å². The van der Waals surface area contributed by atoms with E-state index in [1.807, 2.05) is 60.7 Å². The summed E-state index contributed by atoms with van der Waals surface area (Å²) in [5.74, 6) is 1.53. The molecule has 3 heterocycles. The summed E-state index contributed by atoms with van der Waals surface area (Å²) in [6.45, 7) is 1.54. The largest absolute Gasteiger partial charge is 0.347 e. The monoisotopic (exact) mass is 388 g/mol. The van der Waals surface area contributed by atoms with Gasteiger partial charge in [0.05, 0.1) is 11.4 Å². The first-order valence-electron chi connectivity index (χ1n) is 9.63. The molecule has 0 saturated carbocycles. The lowest BCUT2D eigenvalue weighted by Crippen LogP contribution is -2.37. The van der Waals surface area contributed by atoms with Gasteiger partial charge in [0.25, 0.3) is 0 Å². The first-order chi connectivity index (χ1) is 14.3. The number of hydrogen-bond acceptors (Lipinski definition) is 6. The van der Waals surface area contributed by atoms with Gasteiger partial charge < -0.3 is 4.90 Å². The van der Waals surface area contributed by atoms with Crippen LogP contribution in [0.1, 0.15) is 24.6 Å². The fraction of sp³-hybridized carbons (Fsp3) is 0.250. The summed E-state index contributed by atoms with van der Waals surface area (Å²) in [4.78, 5) is 14.6. The zero-order chi connectivity index (χ0) is 19.6. The van der Waals surface area contributed by atoms with Crippen molar-refractivity contribution in [2.75, 3.05) is 18.0 Å². The third-order valence-electron chi connectivity index (χ3n) is 5.24. The van der Waals surface area contributed by atoms with Gasteiger partial charge in [-0.25, -0.2) is 14.5 Å². The normalized spacial score (nSPS) is 16.8. The summed E-state index contributed by atoms with van der Waals surface area (Å²) < 4.78 is 3.41. The summed E-state index contributed by atoms with van der Waals surface area (Å²) >= 11 is 0. The second-order valence-electron chi connectivity index (χ2n) is 7.07. The highest BCUT2D eigenvalue weighted by atomic mass is 16.1. The molecular weight excluding hydrogens is 368 g/mol. The van der Waals surface area contributed by atoms with Gasteiger partial charge in [0, 0.05) is 19.0 Å². The Hall–Kier alpha value is -3.75. The number of aromatic nitrogens is 7. The molecule has 2 aromatic carbocycles. The van der Waals surface area contributed by atoms with E-state index in [0.717, 1.165) is 36.6 Å². The highest BCUT2D eigenvalue weighted by molar-refractivity contribution is 5.41. The minimum atomic E-state index is -0.225. The van der Waals surface area contributed by atoms with E-state index >= 15 is 0 Å². The predicted octanol–water partition coefficient (Wildman–Crippen LogP) is 1.92. The van der Waals surface area contributed by atoms with Crippen LogP contribution in [0.3, 0.4) is 0 Å². The van der Waals surface area contributed by atoms with E-state index in [1.54, 1.807) is 9.25 Å². The van der Waals surface area contributed by atoms with Crippen LogP contribution in [-0.4, -0.2) is 48.1 Å². The first-order valence-corrected chi connectivity index (χ1v) is 9.63. The third-order valence-corrected chi connectivity index (χ3v) is 5.24. The lowest BCUT2D eigenvalue weighted by atomic mass is 9.97. The summed E-state index contributed by atoms with van der Waals surface area (Å²) in [6, 6.07) is 19.4. The van der Waals surface area contributed by atoms with Crippen LogP contribution in [0.5, 0.6) is 0 Å². The number of rotatable bonds is 4. The second kappa shape index (κ2) is 7.34. The van der Waals surface area contributed by atoms with E-state index in [-0.39, 0.29) is 11.6 Å². The molecule has 0 unspecified atom stereocenters. The third kappa shape index (κ3) is 3.20. The number of tetrazole rings is 1. The van der Waals surface area contributed by atoms with Gasteiger partial charge in [0.2, 0.25) is 5.95 Å². The smallest absolute Gasteiger partial charge is 0.339 e. The van der Waals surface area contributed by atoms with Crippen LogP contribution in [0, 0.1) is 0 Å². The summed E-state index contributed by atoms with van der Waals surface area (Å²) in [6.07, 6.45) is 1.91. The summed E-state index contributed by atoms with van der Waals surface area (Å²) in [5, 5.41) is 19.3. The van der Waals surface area contributed by atoms with Crippen LogP contribution in [0.15, 0.2) is 65.5 Å². The van der Waals surface area contributed by atoms with E-state index in [1.165, 1.54) is 0 Å². The molecule has 9 nitrogen and oxygen atoms in total. The second-order valence-corrected chi connectivity index (χ2v) is 7.07. The summed E-state index contributed by atoms with van der Waals surface area (Å²) in [5.41, 5.74) is 1.50. The predicted molar refractivity (Wildman–Crippen MR) is 108 cm³/mol. The Morgan fingerprint density at radius 2 is 1.69 bits per heavy atom. The Morgan fingerprint density at radius 1 is 0.966 bits per heavy atom. The van der Waals surface area contributed by atoms with E-state index in [4.69, 9.17) is 0 Å². The van der Waals surface area contributed by atoms with Crippen molar-refractivity contribution in [2.24, 2.45) is 0 Å². The van der Waals surface area contributed by atoms with Gasteiger partial charge in [-0.2, -0.15) is 9.78 Å². The standard InChI is InChI=1S/C20H20N8O/c29-20-23-21-18(27(20)16-9-3-1-4-10-16)15-8-7-13-26(14-15)19-22-24-25-28(19)17-11-5-2-6-12-17/h1-6,9-12,15H,7-8,13-14H2,(H,23,29)/t15-/m1/s1. The molecule has 5 rings (SSSR count). The minimum Gasteiger partial charge on any atom is -0.339 e. The molecule has 0 radical (unpaired) electrons. The molecule has 1 saturated heterocycles. The molecule has 9 heteroatoms. The molecule has 2 aromatic heterocycles. The number of anilines is 1. The minimum absolute atomic E-state index is 0.0869. The molecule has 0 amide bonds. The fourth-order valence-electron chi connectivity index (χ4n) is 3.90. The van der Waals surface area contributed by atoms with Gasteiger partial charge in [0.1, 0.15) is 5.82 Å². The maximum Gasteiger partial charge on any atom is 0.347 e. The highest BCUT2D eigenvalue weighted by Crippen LogP contribution is 2.29. The van der Waals surface area contributed by atoms with E-state index in [2.05, 4.69) is 30.6 Å². The molecule has 0 bridgehead atoms. The van der Waals surface area contributed by atoms with E-state index in [0.29, 0.717) is 12.5 Å². The zero-order valence-corrected chi connectivity index (χ0v) is 15.7. The van der Waals surface area contributed by atoms with Crippen molar-refractivity contribution in [3.05, 3.63) is 77.0 Å². The van der Waals surface area contributed by atoms with Crippen LogP contribution in [0.2, 0.25) is 0 Å². The molecule has 0 spiro atoms. The molecular formula is C20H20N8O. The number of hydrogen-bond donors (Lipinski definition) is 1. The molecule has 146 valence electrons. The van der Waals surface area contributed by atoms with Crippen LogP contribution in [-0.2, 0) is 0 Å². The van der Waals surface area contributed by atoms with E-state index in [9.17, 15) is 4.79 Å². The van der Waals surface area contributed by atoms with Crippen LogP contribution in [0.4, 0.5) is 5.95 Å². The van der Waals surface area contributed by atoms with Gasteiger partial charge in [-0.1, -0.05) is 41.5 Å². The van der Waals surface area contributed by atoms with E-state index < -0.39 is 0 Å². The van der Waals surface area contributed by atoms with Gasteiger partial charge in [-0.05, 0) is 47.5 Å². The molecule has 29 heavy (non-hydrogen) atoms. The molecule has 1 atom stereocenters. The molecule has 1 aliphatic rings. The number of nitrogens with one attached hydrogen (secondary N) is 1. The Bertz CT molecular complexity index is 1150. The number of H-pyrrole nitrogens is 1. The molecule has 0 aliphatic carbocycles. The van der Waals surface area contributed by atoms with Crippen molar-refractivity contribution in [1.29, 1.82) is 0 Å². The van der Waals surface area contributed by atoms with Crippen molar-refractivity contribution < 1.29 is 0 Å². The highest BCUT2D eigenvalue weighted by Gasteiger charge is 2.29. The van der Waals surface area contributed by atoms with Crippen LogP contribution < -0.4 is 10.6 Å². The van der Waals surface area contributed by atoms with Gasteiger partial charge >= 0.3 is 5.69 Å². The maximum atomic E-state index is 12.4. The number of benzene rings is 2. The van der Waals surface area contributed by atoms with Gasteiger partial charge in [-0.3, -0.25) is 0 Å². The van der Waals surface area contributed by atoms with Crippen LogP contribution >= 0.6 is 0 Å².